The summed E-state index contributed by atoms with van der Waals surface area (Å²) >= 11 is 0. The Kier molecular flexibility index (Phi) is 3.36. The van der Waals surface area contributed by atoms with Crippen LogP contribution in [0, 0.1) is 5.92 Å². The second-order valence-electron chi connectivity index (χ2n) is 4.82. The van der Waals surface area contributed by atoms with Gasteiger partial charge in [0.15, 0.2) is 0 Å². The van der Waals surface area contributed by atoms with Crippen molar-refractivity contribution in [3.05, 3.63) is 18.0 Å². The van der Waals surface area contributed by atoms with Crippen molar-refractivity contribution < 1.29 is 14.7 Å². The highest BCUT2D eigenvalue weighted by atomic mass is 16.4. The molecule has 2 atom stereocenters. The zero-order chi connectivity index (χ0) is 13.3. The molecule has 1 fully saturated rings. The van der Waals surface area contributed by atoms with Crippen LogP contribution in [0.1, 0.15) is 30.3 Å². The van der Waals surface area contributed by atoms with Crippen molar-refractivity contribution in [2.45, 2.75) is 25.8 Å². The van der Waals surface area contributed by atoms with Crippen LogP contribution in [0.15, 0.2) is 12.3 Å². The Labute approximate surface area is 105 Å². The van der Waals surface area contributed by atoms with Crippen LogP contribution in [0.3, 0.4) is 0 Å². The molecule has 2 heterocycles. The first-order valence-electron chi connectivity index (χ1n) is 6.02. The van der Waals surface area contributed by atoms with Gasteiger partial charge >= 0.3 is 5.97 Å². The average molecular weight is 251 g/mol. The molecule has 1 aromatic heterocycles. The van der Waals surface area contributed by atoms with E-state index >= 15 is 0 Å². The lowest BCUT2D eigenvalue weighted by atomic mass is 9.92. The van der Waals surface area contributed by atoms with E-state index in [2.05, 4.69) is 5.10 Å². The molecule has 0 aromatic carbocycles. The number of carboxylic acids is 1. The normalized spacial score (nSPS) is 24.0. The summed E-state index contributed by atoms with van der Waals surface area (Å²) in [5.41, 5.74) is 0.427. The molecule has 0 saturated carbocycles. The Morgan fingerprint density at radius 2 is 2.22 bits per heavy atom. The van der Waals surface area contributed by atoms with E-state index in [0.717, 1.165) is 6.42 Å². The van der Waals surface area contributed by atoms with E-state index in [1.165, 1.54) is 15.8 Å². The zero-order valence-electron chi connectivity index (χ0n) is 10.5. The fourth-order valence-corrected chi connectivity index (χ4v) is 2.35. The number of aryl methyl sites for hydroxylation is 1. The lowest BCUT2D eigenvalue weighted by Gasteiger charge is -2.35. The van der Waals surface area contributed by atoms with Crippen LogP contribution in [0.2, 0.25) is 0 Å². The largest absolute Gasteiger partial charge is 0.480 e. The van der Waals surface area contributed by atoms with Gasteiger partial charge in [-0.05, 0) is 24.8 Å². The molecule has 98 valence electrons. The molecule has 1 aliphatic rings. The van der Waals surface area contributed by atoms with E-state index in [0.29, 0.717) is 24.6 Å². The summed E-state index contributed by atoms with van der Waals surface area (Å²) in [5, 5.41) is 13.2. The number of piperidine rings is 1. The van der Waals surface area contributed by atoms with Crippen molar-refractivity contribution in [2.75, 3.05) is 6.54 Å². The molecule has 0 bridgehead atoms. The molecule has 2 unspecified atom stereocenters. The summed E-state index contributed by atoms with van der Waals surface area (Å²) in [7, 11) is 1.68. The van der Waals surface area contributed by atoms with Crippen molar-refractivity contribution in [2.24, 2.45) is 13.0 Å². The fraction of sp³-hybridized carbons (Fsp3) is 0.583. The van der Waals surface area contributed by atoms with Gasteiger partial charge in [-0.25, -0.2) is 4.79 Å². The Bertz CT molecular complexity index is 469. The van der Waals surface area contributed by atoms with Gasteiger partial charge in [-0.1, -0.05) is 6.92 Å². The molecule has 6 heteroatoms. The van der Waals surface area contributed by atoms with Crippen LogP contribution >= 0.6 is 0 Å². The maximum atomic E-state index is 12.3. The minimum absolute atomic E-state index is 0.255. The molecule has 1 N–H and O–H groups in total. The highest BCUT2D eigenvalue weighted by molar-refractivity contribution is 5.95. The lowest BCUT2D eigenvalue weighted by molar-refractivity contribution is -0.144. The number of likely N-dealkylation sites (tertiary alicyclic amines) is 1. The highest BCUT2D eigenvalue weighted by Crippen LogP contribution is 2.24. The number of carbonyl (C=O) groups is 2. The summed E-state index contributed by atoms with van der Waals surface area (Å²) in [5.74, 6) is -0.854. The summed E-state index contributed by atoms with van der Waals surface area (Å²) < 4.78 is 1.47. The first-order chi connectivity index (χ1) is 8.50. The molecular formula is C12H17N3O3. The minimum atomic E-state index is -0.933. The van der Waals surface area contributed by atoms with Gasteiger partial charge in [-0.15, -0.1) is 0 Å². The van der Waals surface area contributed by atoms with E-state index in [1.54, 1.807) is 13.1 Å². The maximum Gasteiger partial charge on any atom is 0.326 e. The van der Waals surface area contributed by atoms with Crippen LogP contribution in [-0.2, 0) is 11.8 Å². The first-order valence-corrected chi connectivity index (χ1v) is 6.02. The number of carbonyl (C=O) groups excluding carboxylic acids is 1. The van der Waals surface area contributed by atoms with Gasteiger partial charge in [0.05, 0.1) is 0 Å². The predicted octanol–water partition coefficient (Wildman–Crippen LogP) is 0.745. The molecule has 18 heavy (non-hydrogen) atoms. The molecule has 1 amide bonds. The molecule has 1 aromatic rings. The predicted molar refractivity (Wildman–Crippen MR) is 64.1 cm³/mol. The van der Waals surface area contributed by atoms with Crippen molar-refractivity contribution in [1.82, 2.24) is 14.7 Å². The lowest BCUT2D eigenvalue weighted by Crippen LogP contribution is -2.50. The minimum Gasteiger partial charge on any atom is -0.480 e. The maximum absolute atomic E-state index is 12.3. The fourth-order valence-electron chi connectivity index (χ4n) is 2.35. The number of hydrogen-bond acceptors (Lipinski definition) is 3. The Hall–Kier alpha value is -1.85. The van der Waals surface area contributed by atoms with Gasteiger partial charge in [0.25, 0.3) is 5.91 Å². The van der Waals surface area contributed by atoms with E-state index < -0.39 is 12.0 Å². The number of rotatable bonds is 2. The standard InChI is InChI=1S/C12H17N3O3/c1-8-4-6-15(10(7-8)12(17)18)11(16)9-3-5-13-14(9)2/h3,5,8,10H,4,6-7H2,1-2H3,(H,17,18). The first kappa shape index (κ1) is 12.6. The second-order valence-corrected chi connectivity index (χ2v) is 4.82. The Morgan fingerprint density at radius 3 is 2.78 bits per heavy atom. The number of aliphatic carboxylic acids is 1. The summed E-state index contributed by atoms with van der Waals surface area (Å²) in [4.78, 5) is 25.0. The van der Waals surface area contributed by atoms with Crippen molar-refractivity contribution in [1.29, 1.82) is 0 Å². The van der Waals surface area contributed by atoms with Gasteiger partial charge in [-0.2, -0.15) is 5.10 Å². The van der Waals surface area contributed by atoms with Crippen LogP contribution in [0.5, 0.6) is 0 Å². The monoisotopic (exact) mass is 251 g/mol. The zero-order valence-corrected chi connectivity index (χ0v) is 10.5. The topological polar surface area (TPSA) is 75.4 Å². The van der Waals surface area contributed by atoms with Crippen molar-refractivity contribution in [3.63, 3.8) is 0 Å². The smallest absolute Gasteiger partial charge is 0.326 e. The van der Waals surface area contributed by atoms with Crippen LogP contribution < -0.4 is 0 Å². The highest BCUT2D eigenvalue weighted by Gasteiger charge is 2.35. The number of carboxylic acid groups (broad SMARTS) is 1. The molecule has 0 spiro atoms. The quantitative estimate of drug-likeness (QED) is 0.841. The van der Waals surface area contributed by atoms with E-state index in [-0.39, 0.29) is 5.91 Å². The van der Waals surface area contributed by atoms with Gasteiger partial charge in [0.2, 0.25) is 0 Å². The summed E-state index contributed by atoms with van der Waals surface area (Å²) in [6, 6.07) is 0.885. The van der Waals surface area contributed by atoms with Gasteiger partial charge in [-0.3, -0.25) is 9.48 Å². The van der Waals surface area contributed by atoms with E-state index in [9.17, 15) is 14.7 Å². The van der Waals surface area contributed by atoms with Gasteiger partial charge < -0.3 is 10.0 Å². The number of hydrogen-bond donors (Lipinski definition) is 1. The second kappa shape index (κ2) is 4.80. The molecule has 1 aliphatic heterocycles. The molecule has 2 rings (SSSR count). The number of nitrogens with zero attached hydrogens (tertiary/aromatic N) is 3. The van der Waals surface area contributed by atoms with Crippen molar-refractivity contribution in [3.8, 4) is 0 Å². The average Bonchev–Trinajstić information content (AvgIpc) is 2.74. The SMILES string of the molecule is CC1CCN(C(=O)c2ccnn2C)C(C(=O)O)C1. The van der Waals surface area contributed by atoms with Gasteiger partial charge in [0, 0.05) is 19.8 Å². The Morgan fingerprint density at radius 1 is 1.50 bits per heavy atom. The summed E-state index contributed by atoms with van der Waals surface area (Å²) in [6.45, 7) is 2.50. The number of amides is 1. The third kappa shape index (κ3) is 2.23. The molecular weight excluding hydrogens is 234 g/mol. The van der Waals surface area contributed by atoms with Gasteiger partial charge in [0.1, 0.15) is 11.7 Å². The number of aromatic nitrogens is 2. The third-order valence-electron chi connectivity index (χ3n) is 3.45. The van der Waals surface area contributed by atoms with Crippen molar-refractivity contribution >= 4 is 11.9 Å². The third-order valence-corrected chi connectivity index (χ3v) is 3.45. The van der Waals surface area contributed by atoms with Crippen LogP contribution in [-0.4, -0.2) is 44.3 Å². The van der Waals surface area contributed by atoms with Crippen LogP contribution in [0.25, 0.3) is 0 Å². The van der Waals surface area contributed by atoms with E-state index in [4.69, 9.17) is 0 Å². The Balaban J connectivity index is 2.23. The molecule has 6 nitrogen and oxygen atoms in total. The molecule has 1 saturated heterocycles. The van der Waals surface area contributed by atoms with Crippen LogP contribution in [0.4, 0.5) is 0 Å². The molecule has 0 aliphatic carbocycles. The summed E-state index contributed by atoms with van der Waals surface area (Å²) in [6.07, 6.45) is 2.89. The molecule has 0 radical (unpaired) electrons. The van der Waals surface area contributed by atoms with E-state index in [1.807, 2.05) is 6.92 Å².